The average Bonchev–Trinajstić information content (AvgIpc) is 3.20. The van der Waals surface area contributed by atoms with E-state index in [-0.39, 0.29) is 11.4 Å². The number of aryl methyl sites for hydroxylation is 2. The van der Waals surface area contributed by atoms with Gasteiger partial charge in [-0.15, -0.1) is 11.3 Å². The molecule has 3 rings (SSSR count). The Kier molecular flexibility index (Phi) is 5.95. The lowest BCUT2D eigenvalue weighted by Crippen LogP contribution is -2.36. The Hall–Kier alpha value is -2.03. The SMILES string of the molecule is Cc1noc(/C=C/c2sccc2CCCN2CCOCC2)c1[N+](=O)[O-]. The summed E-state index contributed by atoms with van der Waals surface area (Å²) in [6.07, 6.45) is 5.58. The standard InChI is InChI=1S/C17H21N3O4S/c1-13-17(20(21)22)15(24-18-13)4-5-16-14(6-12-25-16)3-2-7-19-8-10-23-11-9-19/h4-6,12H,2-3,7-11H2,1H3/b5-4+. The second-order valence-electron chi connectivity index (χ2n) is 5.94. The van der Waals surface area contributed by atoms with Crippen molar-refractivity contribution in [2.45, 2.75) is 19.8 Å². The molecule has 0 bridgehead atoms. The van der Waals surface area contributed by atoms with Crippen LogP contribution in [0.25, 0.3) is 12.2 Å². The third-order valence-electron chi connectivity index (χ3n) is 4.23. The number of nitrogens with zero attached hydrogens (tertiary/aromatic N) is 3. The van der Waals surface area contributed by atoms with Crippen LogP contribution in [0.15, 0.2) is 16.0 Å². The van der Waals surface area contributed by atoms with Gasteiger partial charge in [0.25, 0.3) is 0 Å². The number of nitro groups is 1. The van der Waals surface area contributed by atoms with E-state index in [0.717, 1.165) is 50.6 Å². The normalized spacial score (nSPS) is 15.9. The molecule has 1 aliphatic heterocycles. The third kappa shape index (κ3) is 4.53. The number of aromatic nitrogens is 1. The van der Waals surface area contributed by atoms with Crippen molar-refractivity contribution in [2.24, 2.45) is 0 Å². The molecule has 0 N–H and O–H groups in total. The minimum absolute atomic E-state index is 0.0679. The summed E-state index contributed by atoms with van der Waals surface area (Å²) < 4.78 is 10.4. The number of rotatable bonds is 7. The second kappa shape index (κ2) is 8.37. The van der Waals surface area contributed by atoms with Gasteiger partial charge < -0.3 is 9.26 Å². The maximum atomic E-state index is 11.1. The van der Waals surface area contributed by atoms with Crippen LogP contribution in [-0.2, 0) is 11.2 Å². The highest BCUT2D eigenvalue weighted by atomic mass is 32.1. The zero-order chi connectivity index (χ0) is 17.6. The van der Waals surface area contributed by atoms with Crippen molar-refractivity contribution in [3.8, 4) is 0 Å². The average molecular weight is 363 g/mol. The first-order valence-corrected chi connectivity index (χ1v) is 9.18. The Bertz CT molecular complexity index is 747. The highest BCUT2D eigenvalue weighted by Gasteiger charge is 2.22. The molecular formula is C17H21N3O4S. The summed E-state index contributed by atoms with van der Waals surface area (Å²) in [5.41, 5.74) is 1.48. The molecular weight excluding hydrogens is 342 g/mol. The number of thiophene rings is 1. The molecule has 7 nitrogen and oxygen atoms in total. The first kappa shape index (κ1) is 17.8. The van der Waals surface area contributed by atoms with Gasteiger partial charge in [0, 0.05) is 18.0 Å². The summed E-state index contributed by atoms with van der Waals surface area (Å²) in [6, 6.07) is 2.11. The summed E-state index contributed by atoms with van der Waals surface area (Å²) in [7, 11) is 0. The van der Waals surface area contributed by atoms with E-state index in [1.54, 1.807) is 24.3 Å². The number of ether oxygens (including phenoxy) is 1. The van der Waals surface area contributed by atoms with Crippen molar-refractivity contribution in [1.82, 2.24) is 10.1 Å². The smallest absolute Gasteiger partial charge is 0.338 e. The first-order valence-electron chi connectivity index (χ1n) is 8.30. The van der Waals surface area contributed by atoms with Crippen LogP contribution < -0.4 is 0 Å². The molecule has 2 aromatic rings. The Morgan fingerprint density at radius 1 is 1.40 bits per heavy atom. The Morgan fingerprint density at radius 2 is 2.20 bits per heavy atom. The largest absolute Gasteiger partial charge is 0.379 e. The Labute approximate surface area is 150 Å². The molecule has 0 atom stereocenters. The van der Waals surface area contributed by atoms with Crippen LogP contribution in [0.2, 0.25) is 0 Å². The van der Waals surface area contributed by atoms with E-state index < -0.39 is 4.92 Å². The van der Waals surface area contributed by atoms with Gasteiger partial charge in [-0.2, -0.15) is 0 Å². The van der Waals surface area contributed by atoms with E-state index in [0.29, 0.717) is 5.69 Å². The molecule has 8 heteroatoms. The van der Waals surface area contributed by atoms with E-state index in [1.165, 1.54) is 5.56 Å². The van der Waals surface area contributed by atoms with Gasteiger partial charge >= 0.3 is 5.69 Å². The van der Waals surface area contributed by atoms with Crippen molar-refractivity contribution in [3.05, 3.63) is 43.5 Å². The molecule has 3 heterocycles. The van der Waals surface area contributed by atoms with Gasteiger partial charge in [-0.1, -0.05) is 5.16 Å². The first-order chi connectivity index (χ1) is 12.1. The van der Waals surface area contributed by atoms with Gasteiger partial charge in [0.05, 0.1) is 18.1 Å². The van der Waals surface area contributed by atoms with Crippen molar-refractivity contribution >= 4 is 29.2 Å². The number of hydrogen-bond acceptors (Lipinski definition) is 7. The minimum atomic E-state index is -0.455. The minimum Gasteiger partial charge on any atom is -0.379 e. The highest BCUT2D eigenvalue weighted by molar-refractivity contribution is 7.11. The monoisotopic (exact) mass is 363 g/mol. The zero-order valence-corrected chi connectivity index (χ0v) is 15.0. The zero-order valence-electron chi connectivity index (χ0n) is 14.1. The van der Waals surface area contributed by atoms with E-state index >= 15 is 0 Å². The molecule has 1 aliphatic rings. The number of hydrogen-bond donors (Lipinski definition) is 0. The number of morpholine rings is 1. The maximum absolute atomic E-state index is 11.1. The lowest BCUT2D eigenvalue weighted by atomic mass is 10.1. The van der Waals surface area contributed by atoms with Crippen LogP contribution >= 0.6 is 11.3 Å². The summed E-state index contributed by atoms with van der Waals surface area (Å²) in [5.74, 6) is 0.190. The topological polar surface area (TPSA) is 81.6 Å². The lowest BCUT2D eigenvalue weighted by molar-refractivity contribution is -0.386. The van der Waals surface area contributed by atoms with Gasteiger partial charge in [-0.3, -0.25) is 15.0 Å². The molecule has 0 saturated carbocycles. The van der Waals surface area contributed by atoms with Gasteiger partial charge in [0.15, 0.2) is 5.69 Å². The van der Waals surface area contributed by atoms with Crippen LogP contribution in [0.1, 0.15) is 28.3 Å². The van der Waals surface area contributed by atoms with Crippen LogP contribution in [0.3, 0.4) is 0 Å². The van der Waals surface area contributed by atoms with E-state index in [2.05, 4.69) is 16.1 Å². The molecule has 0 aromatic carbocycles. The molecule has 0 amide bonds. The molecule has 134 valence electrons. The molecule has 0 aliphatic carbocycles. The predicted octanol–water partition coefficient (Wildman–Crippen LogP) is 3.39. The second-order valence-corrected chi connectivity index (χ2v) is 6.89. The molecule has 0 radical (unpaired) electrons. The van der Waals surface area contributed by atoms with Gasteiger partial charge in [0.2, 0.25) is 5.76 Å². The van der Waals surface area contributed by atoms with Crippen LogP contribution in [0, 0.1) is 17.0 Å². The Balaban J connectivity index is 1.60. The highest BCUT2D eigenvalue weighted by Crippen LogP contribution is 2.27. The summed E-state index contributed by atoms with van der Waals surface area (Å²) >= 11 is 1.62. The molecule has 0 unspecified atom stereocenters. The van der Waals surface area contributed by atoms with Crippen molar-refractivity contribution < 1.29 is 14.2 Å². The fraction of sp³-hybridized carbons (Fsp3) is 0.471. The summed E-state index contributed by atoms with van der Waals surface area (Å²) in [4.78, 5) is 14.2. The fourth-order valence-corrected chi connectivity index (χ4v) is 3.73. The molecule has 1 saturated heterocycles. The predicted molar refractivity (Wildman–Crippen MR) is 96.7 cm³/mol. The molecule has 25 heavy (non-hydrogen) atoms. The summed E-state index contributed by atoms with van der Waals surface area (Å²) in [6.45, 7) is 6.29. The van der Waals surface area contributed by atoms with Crippen LogP contribution in [0.4, 0.5) is 5.69 Å². The fourth-order valence-electron chi connectivity index (χ4n) is 2.88. The van der Waals surface area contributed by atoms with Crippen molar-refractivity contribution in [2.75, 3.05) is 32.8 Å². The van der Waals surface area contributed by atoms with Crippen molar-refractivity contribution in [3.63, 3.8) is 0 Å². The van der Waals surface area contributed by atoms with Gasteiger partial charge in [0.1, 0.15) is 0 Å². The molecule has 0 spiro atoms. The third-order valence-corrected chi connectivity index (χ3v) is 5.15. The van der Waals surface area contributed by atoms with E-state index in [4.69, 9.17) is 9.26 Å². The lowest BCUT2D eigenvalue weighted by Gasteiger charge is -2.26. The van der Waals surface area contributed by atoms with Gasteiger partial charge in [-0.25, -0.2) is 0 Å². The Morgan fingerprint density at radius 3 is 2.96 bits per heavy atom. The van der Waals surface area contributed by atoms with E-state index in [9.17, 15) is 10.1 Å². The van der Waals surface area contributed by atoms with Crippen LogP contribution in [-0.4, -0.2) is 47.8 Å². The maximum Gasteiger partial charge on any atom is 0.338 e. The summed E-state index contributed by atoms with van der Waals surface area (Å²) in [5, 5.41) is 16.8. The quantitative estimate of drug-likeness (QED) is 0.554. The van der Waals surface area contributed by atoms with Gasteiger partial charge in [-0.05, 0) is 55.5 Å². The molecule has 2 aromatic heterocycles. The van der Waals surface area contributed by atoms with Crippen molar-refractivity contribution in [1.29, 1.82) is 0 Å². The van der Waals surface area contributed by atoms with E-state index in [1.807, 2.05) is 11.5 Å². The molecule has 1 fully saturated rings. The van der Waals surface area contributed by atoms with Crippen LogP contribution in [0.5, 0.6) is 0 Å².